The molecule has 0 bridgehead atoms. The highest BCUT2D eigenvalue weighted by Crippen LogP contribution is 2.31. The van der Waals surface area contributed by atoms with Crippen molar-refractivity contribution in [1.29, 1.82) is 0 Å². The number of amides is 1. The number of nitrogens with one attached hydrogen (secondary N) is 2. The summed E-state index contributed by atoms with van der Waals surface area (Å²) in [7, 11) is 1.55. The van der Waals surface area contributed by atoms with E-state index in [4.69, 9.17) is 4.74 Å². The summed E-state index contributed by atoms with van der Waals surface area (Å²) in [4.78, 5) is 10.9. The average Bonchev–Trinajstić information content (AvgIpc) is 2.39. The molecule has 1 amide bonds. The van der Waals surface area contributed by atoms with Gasteiger partial charge in [0.05, 0.1) is 6.10 Å². The molecule has 0 saturated heterocycles. The topological polar surface area (TPSA) is 70.6 Å². The highest BCUT2D eigenvalue weighted by atomic mass is 16.5. The van der Waals surface area contributed by atoms with Gasteiger partial charge in [-0.25, -0.2) is 4.79 Å². The lowest BCUT2D eigenvalue weighted by Gasteiger charge is -2.31. The fourth-order valence-corrected chi connectivity index (χ4v) is 2.26. The molecule has 3 N–H and O–H groups in total. The van der Waals surface area contributed by atoms with Crippen LogP contribution in [-0.4, -0.2) is 44.0 Å². The summed E-state index contributed by atoms with van der Waals surface area (Å²) in [5.41, 5.74) is 0.193. The fourth-order valence-electron chi connectivity index (χ4n) is 2.26. The molecule has 2 atom stereocenters. The first-order chi connectivity index (χ1) is 9.06. The first-order valence-corrected chi connectivity index (χ1v) is 6.96. The molecule has 110 valence electrons. The van der Waals surface area contributed by atoms with E-state index >= 15 is 0 Å². The Morgan fingerprint density at radius 3 is 3.05 bits per heavy atom. The van der Waals surface area contributed by atoms with Crippen LogP contribution in [0.25, 0.3) is 0 Å². The molecule has 19 heavy (non-hydrogen) atoms. The Kier molecular flexibility index (Phi) is 6.87. The van der Waals surface area contributed by atoms with Crippen molar-refractivity contribution in [1.82, 2.24) is 10.6 Å². The number of carbonyl (C=O) groups is 1. The van der Waals surface area contributed by atoms with E-state index in [1.54, 1.807) is 7.05 Å². The first-order valence-electron chi connectivity index (χ1n) is 6.96. The Hall–Kier alpha value is -1.07. The third-order valence-corrected chi connectivity index (χ3v) is 3.58. The van der Waals surface area contributed by atoms with E-state index in [0.29, 0.717) is 13.2 Å². The lowest BCUT2D eigenvalue weighted by Crippen LogP contribution is -2.35. The van der Waals surface area contributed by atoms with E-state index < -0.39 is 6.09 Å². The Labute approximate surface area is 115 Å². The van der Waals surface area contributed by atoms with Crippen LogP contribution in [0.1, 0.15) is 32.6 Å². The molecule has 0 fully saturated rings. The molecule has 0 heterocycles. The number of aliphatic hydroxyl groups is 1. The number of carbonyl (C=O) groups excluding carboxylic acids is 1. The molecule has 5 heteroatoms. The molecule has 1 rings (SSSR count). The van der Waals surface area contributed by atoms with Gasteiger partial charge in [0, 0.05) is 20.1 Å². The van der Waals surface area contributed by atoms with Gasteiger partial charge in [0.1, 0.15) is 6.61 Å². The fraction of sp³-hybridized carbons (Fsp3) is 0.786. The molecule has 0 aliphatic heterocycles. The zero-order chi connectivity index (χ0) is 14.1. The maximum absolute atomic E-state index is 10.9. The number of alkyl carbamates (subject to hydrolysis) is 1. The van der Waals surface area contributed by atoms with E-state index in [1.807, 2.05) is 6.08 Å². The van der Waals surface area contributed by atoms with Gasteiger partial charge in [-0.15, -0.1) is 0 Å². The molecular weight excluding hydrogens is 244 g/mol. The normalized spacial score (nSPS) is 29.1. The number of ether oxygens (including phenoxy) is 1. The highest BCUT2D eigenvalue weighted by molar-refractivity contribution is 5.66. The van der Waals surface area contributed by atoms with Crippen molar-refractivity contribution in [2.45, 2.75) is 38.7 Å². The highest BCUT2D eigenvalue weighted by Gasteiger charge is 2.24. The summed E-state index contributed by atoms with van der Waals surface area (Å²) in [6, 6.07) is 0. The van der Waals surface area contributed by atoms with E-state index in [2.05, 4.69) is 23.6 Å². The molecule has 0 spiro atoms. The lowest BCUT2D eigenvalue weighted by molar-refractivity contribution is 0.142. The number of hydrogen-bond acceptors (Lipinski definition) is 4. The van der Waals surface area contributed by atoms with E-state index in [1.165, 1.54) is 0 Å². The van der Waals surface area contributed by atoms with Gasteiger partial charge in [-0.3, -0.25) is 0 Å². The van der Waals surface area contributed by atoms with Crippen molar-refractivity contribution in [3.8, 4) is 0 Å². The molecule has 0 radical (unpaired) electrons. The van der Waals surface area contributed by atoms with Crippen LogP contribution in [0.5, 0.6) is 0 Å². The minimum atomic E-state index is -0.396. The van der Waals surface area contributed by atoms with Gasteiger partial charge in [0.25, 0.3) is 0 Å². The largest absolute Gasteiger partial charge is 0.448 e. The van der Waals surface area contributed by atoms with Crippen LogP contribution in [0.4, 0.5) is 4.79 Å². The van der Waals surface area contributed by atoms with E-state index in [0.717, 1.165) is 32.2 Å². The van der Waals surface area contributed by atoms with Crippen LogP contribution in [0.2, 0.25) is 0 Å². The van der Waals surface area contributed by atoms with E-state index in [-0.39, 0.29) is 11.5 Å². The van der Waals surface area contributed by atoms with Gasteiger partial charge in [-0.05, 0) is 31.1 Å². The second kappa shape index (κ2) is 8.17. The van der Waals surface area contributed by atoms with Crippen molar-refractivity contribution in [3.05, 3.63) is 12.2 Å². The third kappa shape index (κ3) is 6.59. The zero-order valence-electron chi connectivity index (χ0n) is 11.9. The monoisotopic (exact) mass is 270 g/mol. The summed E-state index contributed by atoms with van der Waals surface area (Å²) in [6.07, 6.45) is 7.18. The third-order valence-electron chi connectivity index (χ3n) is 3.58. The van der Waals surface area contributed by atoms with Gasteiger partial charge in [-0.1, -0.05) is 19.1 Å². The van der Waals surface area contributed by atoms with Crippen LogP contribution in [0.15, 0.2) is 12.2 Å². The summed E-state index contributed by atoms with van der Waals surface area (Å²) in [5, 5.41) is 15.4. The van der Waals surface area contributed by atoms with Gasteiger partial charge < -0.3 is 20.5 Å². The van der Waals surface area contributed by atoms with Gasteiger partial charge in [0.2, 0.25) is 0 Å². The zero-order valence-corrected chi connectivity index (χ0v) is 11.9. The molecule has 0 aromatic carbocycles. The molecule has 1 aliphatic carbocycles. The average molecular weight is 270 g/mol. The Balaban J connectivity index is 2.22. The smallest absolute Gasteiger partial charge is 0.406 e. The number of hydrogen-bond donors (Lipinski definition) is 3. The molecule has 0 saturated carbocycles. The van der Waals surface area contributed by atoms with Crippen molar-refractivity contribution in [2.75, 3.05) is 26.7 Å². The minimum absolute atomic E-state index is 0.193. The molecule has 0 aromatic heterocycles. The van der Waals surface area contributed by atoms with Gasteiger partial charge >= 0.3 is 6.09 Å². The van der Waals surface area contributed by atoms with Crippen LogP contribution in [-0.2, 0) is 4.74 Å². The van der Waals surface area contributed by atoms with Crippen molar-refractivity contribution in [2.24, 2.45) is 5.41 Å². The summed E-state index contributed by atoms with van der Waals surface area (Å²) in [6.45, 7) is 4.15. The van der Waals surface area contributed by atoms with Crippen LogP contribution < -0.4 is 10.6 Å². The van der Waals surface area contributed by atoms with Gasteiger partial charge in [0.15, 0.2) is 0 Å². The van der Waals surface area contributed by atoms with Crippen LogP contribution in [0, 0.1) is 5.41 Å². The maximum atomic E-state index is 10.9. The molecule has 5 nitrogen and oxygen atoms in total. The number of allylic oxidation sites excluding steroid dienone is 1. The quantitative estimate of drug-likeness (QED) is 0.522. The standard InChI is InChI=1S/C14H26N2O3/c1-14(7-4-3-5-12(17)6-8-14)11-16-9-10-19-13(18)15-2/h3,5,12,16-17H,4,6-11H2,1-2H3,(H,15,18)/b5-3-. The molecule has 2 unspecified atom stereocenters. The minimum Gasteiger partial charge on any atom is -0.448 e. The Morgan fingerprint density at radius 1 is 1.53 bits per heavy atom. The maximum Gasteiger partial charge on any atom is 0.406 e. The SMILES string of the molecule is CNC(=O)OCCNCC1(C)CC/C=C\C(O)CC1. The second-order valence-electron chi connectivity index (χ2n) is 5.45. The molecular formula is C14H26N2O3. The van der Waals surface area contributed by atoms with Crippen molar-refractivity contribution in [3.63, 3.8) is 0 Å². The second-order valence-corrected chi connectivity index (χ2v) is 5.45. The van der Waals surface area contributed by atoms with Gasteiger partial charge in [-0.2, -0.15) is 0 Å². The first kappa shape index (κ1) is 16.0. The number of aliphatic hydroxyl groups excluding tert-OH is 1. The van der Waals surface area contributed by atoms with Crippen molar-refractivity contribution >= 4 is 6.09 Å². The van der Waals surface area contributed by atoms with Crippen LogP contribution in [0.3, 0.4) is 0 Å². The summed E-state index contributed by atoms with van der Waals surface area (Å²) >= 11 is 0. The summed E-state index contributed by atoms with van der Waals surface area (Å²) < 4.78 is 4.91. The molecule has 1 aliphatic rings. The summed E-state index contributed by atoms with van der Waals surface area (Å²) in [5.74, 6) is 0. The Bertz CT molecular complexity index is 307. The predicted molar refractivity (Wildman–Crippen MR) is 75.0 cm³/mol. The molecule has 0 aromatic rings. The Morgan fingerprint density at radius 2 is 2.32 bits per heavy atom. The predicted octanol–water partition coefficient (Wildman–Crippen LogP) is 1.43. The van der Waals surface area contributed by atoms with Crippen LogP contribution >= 0.6 is 0 Å². The van der Waals surface area contributed by atoms with Crippen molar-refractivity contribution < 1.29 is 14.6 Å². The number of rotatable bonds is 5. The van der Waals surface area contributed by atoms with E-state index in [9.17, 15) is 9.90 Å². The lowest BCUT2D eigenvalue weighted by atomic mass is 9.79.